The van der Waals surface area contributed by atoms with Gasteiger partial charge in [0, 0.05) is 23.5 Å². The normalized spacial score (nSPS) is 11.7. The summed E-state index contributed by atoms with van der Waals surface area (Å²) in [4.78, 5) is 0. The highest BCUT2D eigenvalue weighted by Crippen LogP contribution is 1.90. The van der Waals surface area contributed by atoms with Gasteiger partial charge in [-0.3, -0.25) is 10.2 Å². The van der Waals surface area contributed by atoms with Crippen molar-refractivity contribution in [3.8, 4) is 0 Å². The number of nitrogens with zero attached hydrogens (tertiary/aromatic N) is 4. The van der Waals surface area contributed by atoms with E-state index >= 15 is 0 Å². The molecule has 0 bridgehead atoms. The standard InChI is InChI=1S/C8H8N6/c1-7(2-10-9-1)5-13-14-6-8-3-11-12-4-8/h1-6H,(H,9,10)(H,11,12)/b13-5-,14-6-. The lowest BCUT2D eigenvalue weighted by Gasteiger charge is -1.78. The number of H-pyrrole nitrogens is 2. The predicted octanol–water partition coefficient (Wildman–Crippen LogP) is 0.586. The van der Waals surface area contributed by atoms with Gasteiger partial charge >= 0.3 is 0 Å². The Hall–Kier alpha value is -2.24. The number of rotatable bonds is 3. The fraction of sp³-hybridized carbons (Fsp3) is 0. The van der Waals surface area contributed by atoms with E-state index in [-0.39, 0.29) is 0 Å². The van der Waals surface area contributed by atoms with Crippen LogP contribution >= 0.6 is 0 Å². The Morgan fingerprint density at radius 1 is 0.929 bits per heavy atom. The molecule has 2 heterocycles. The molecule has 0 aliphatic carbocycles. The first kappa shape index (κ1) is 8.36. The van der Waals surface area contributed by atoms with Crippen LogP contribution in [0, 0.1) is 0 Å². The van der Waals surface area contributed by atoms with Crippen molar-refractivity contribution in [3.63, 3.8) is 0 Å². The Kier molecular flexibility index (Phi) is 2.46. The van der Waals surface area contributed by atoms with Crippen LogP contribution < -0.4 is 0 Å². The zero-order valence-electron chi connectivity index (χ0n) is 7.25. The lowest BCUT2D eigenvalue weighted by Crippen LogP contribution is -1.75. The summed E-state index contributed by atoms with van der Waals surface area (Å²) in [6, 6.07) is 0. The minimum Gasteiger partial charge on any atom is -0.285 e. The minimum atomic E-state index is 0.884. The predicted molar refractivity (Wildman–Crippen MR) is 52.4 cm³/mol. The molecule has 0 fully saturated rings. The summed E-state index contributed by atoms with van der Waals surface area (Å²) in [5.41, 5.74) is 1.77. The van der Waals surface area contributed by atoms with Crippen molar-refractivity contribution in [1.29, 1.82) is 0 Å². The van der Waals surface area contributed by atoms with Crippen molar-refractivity contribution in [2.45, 2.75) is 0 Å². The quantitative estimate of drug-likeness (QED) is 0.545. The second kappa shape index (κ2) is 4.13. The van der Waals surface area contributed by atoms with Crippen molar-refractivity contribution in [1.82, 2.24) is 20.4 Å². The van der Waals surface area contributed by atoms with Crippen LogP contribution in [0.3, 0.4) is 0 Å². The monoisotopic (exact) mass is 188 g/mol. The van der Waals surface area contributed by atoms with Crippen LogP contribution in [0.1, 0.15) is 11.1 Å². The van der Waals surface area contributed by atoms with Gasteiger partial charge in [0.25, 0.3) is 0 Å². The lowest BCUT2D eigenvalue weighted by atomic mass is 10.4. The lowest BCUT2D eigenvalue weighted by molar-refractivity contribution is 1.09. The van der Waals surface area contributed by atoms with E-state index in [1.165, 1.54) is 0 Å². The molecule has 14 heavy (non-hydrogen) atoms. The Morgan fingerprint density at radius 3 is 1.79 bits per heavy atom. The molecular weight excluding hydrogens is 180 g/mol. The van der Waals surface area contributed by atoms with Gasteiger partial charge in [-0.25, -0.2) is 0 Å². The van der Waals surface area contributed by atoms with Gasteiger partial charge in [0.2, 0.25) is 0 Å². The van der Waals surface area contributed by atoms with E-state index in [1.807, 2.05) is 0 Å². The molecule has 0 aliphatic heterocycles. The first-order chi connectivity index (χ1) is 6.95. The Bertz CT molecular complexity index is 368. The summed E-state index contributed by atoms with van der Waals surface area (Å²) in [5, 5.41) is 20.6. The molecule has 2 rings (SSSR count). The van der Waals surface area contributed by atoms with Crippen molar-refractivity contribution in [2.24, 2.45) is 10.2 Å². The fourth-order valence-corrected chi connectivity index (χ4v) is 0.863. The molecule has 2 N–H and O–H groups in total. The first-order valence-corrected chi connectivity index (χ1v) is 3.99. The van der Waals surface area contributed by atoms with E-state index in [0.29, 0.717) is 0 Å². The van der Waals surface area contributed by atoms with Crippen molar-refractivity contribution >= 4 is 12.4 Å². The summed E-state index contributed by atoms with van der Waals surface area (Å²) in [6.45, 7) is 0. The largest absolute Gasteiger partial charge is 0.285 e. The molecule has 0 saturated heterocycles. The molecule has 0 aromatic carbocycles. The van der Waals surface area contributed by atoms with Gasteiger partial charge in [0.1, 0.15) is 0 Å². The number of nitrogens with one attached hydrogen (secondary N) is 2. The van der Waals surface area contributed by atoms with Crippen LogP contribution in [0.4, 0.5) is 0 Å². The van der Waals surface area contributed by atoms with Crippen LogP contribution in [-0.2, 0) is 0 Å². The van der Waals surface area contributed by atoms with Crippen molar-refractivity contribution in [2.75, 3.05) is 0 Å². The molecule has 0 saturated carbocycles. The van der Waals surface area contributed by atoms with Crippen LogP contribution in [-0.4, -0.2) is 32.8 Å². The average molecular weight is 188 g/mol. The summed E-state index contributed by atoms with van der Waals surface area (Å²) in [7, 11) is 0. The van der Waals surface area contributed by atoms with E-state index in [0.717, 1.165) is 11.1 Å². The highest BCUT2D eigenvalue weighted by Gasteiger charge is 1.86. The molecular formula is C8H8N6. The maximum Gasteiger partial charge on any atom is 0.0599 e. The molecule has 70 valence electrons. The molecule has 6 nitrogen and oxygen atoms in total. The number of hydrogen-bond donors (Lipinski definition) is 2. The molecule has 0 atom stereocenters. The van der Waals surface area contributed by atoms with E-state index in [4.69, 9.17) is 0 Å². The van der Waals surface area contributed by atoms with Gasteiger partial charge in [-0.1, -0.05) is 0 Å². The Balaban J connectivity index is 1.94. The minimum absolute atomic E-state index is 0.884. The second-order valence-corrected chi connectivity index (χ2v) is 2.55. The van der Waals surface area contributed by atoms with Crippen LogP contribution in [0.25, 0.3) is 0 Å². The van der Waals surface area contributed by atoms with E-state index in [9.17, 15) is 0 Å². The zero-order valence-corrected chi connectivity index (χ0v) is 7.25. The fourth-order valence-electron chi connectivity index (χ4n) is 0.863. The van der Waals surface area contributed by atoms with Gasteiger partial charge in [-0.05, 0) is 0 Å². The Morgan fingerprint density at radius 2 is 1.43 bits per heavy atom. The topological polar surface area (TPSA) is 82.1 Å². The summed E-state index contributed by atoms with van der Waals surface area (Å²) in [6.07, 6.45) is 10.0. The smallest absolute Gasteiger partial charge is 0.0599 e. The van der Waals surface area contributed by atoms with Gasteiger partial charge in [0.15, 0.2) is 0 Å². The van der Waals surface area contributed by atoms with E-state index in [1.54, 1.807) is 37.2 Å². The number of aromatic nitrogens is 4. The van der Waals surface area contributed by atoms with Crippen LogP contribution in [0.2, 0.25) is 0 Å². The van der Waals surface area contributed by atoms with E-state index < -0.39 is 0 Å². The summed E-state index contributed by atoms with van der Waals surface area (Å²) in [5.74, 6) is 0. The summed E-state index contributed by atoms with van der Waals surface area (Å²) < 4.78 is 0. The third kappa shape index (κ3) is 2.13. The number of hydrogen-bond acceptors (Lipinski definition) is 4. The van der Waals surface area contributed by atoms with Crippen LogP contribution in [0.5, 0.6) is 0 Å². The maximum absolute atomic E-state index is 3.83. The highest BCUT2D eigenvalue weighted by atomic mass is 15.2. The molecule has 6 heteroatoms. The molecule has 0 amide bonds. The zero-order chi connectivity index (χ0) is 9.64. The van der Waals surface area contributed by atoms with Crippen molar-refractivity contribution in [3.05, 3.63) is 35.9 Å². The SMILES string of the molecule is C(=N/N=C\c1cn[nH]c1)/c1cn[nH]c1. The number of aromatic amines is 2. The summed E-state index contributed by atoms with van der Waals surface area (Å²) >= 11 is 0. The van der Waals surface area contributed by atoms with Crippen molar-refractivity contribution < 1.29 is 0 Å². The molecule has 0 unspecified atom stereocenters. The third-order valence-electron chi connectivity index (χ3n) is 1.52. The molecule has 2 aromatic rings. The molecule has 2 aromatic heterocycles. The maximum atomic E-state index is 3.83. The molecule has 0 radical (unpaired) electrons. The molecule has 0 spiro atoms. The molecule has 0 aliphatic rings. The van der Waals surface area contributed by atoms with E-state index in [2.05, 4.69) is 30.6 Å². The van der Waals surface area contributed by atoms with Gasteiger partial charge < -0.3 is 0 Å². The van der Waals surface area contributed by atoms with Gasteiger partial charge in [0.05, 0.1) is 24.8 Å². The highest BCUT2D eigenvalue weighted by molar-refractivity contribution is 5.81. The average Bonchev–Trinajstić information content (AvgIpc) is 2.86. The van der Waals surface area contributed by atoms with Gasteiger partial charge in [-0.2, -0.15) is 20.4 Å². The second-order valence-electron chi connectivity index (χ2n) is 2.55. The third-order valence-corrected chi connectivity index (χ3v) is 1.52. The van der Waals surface area contributed by atoms with Gasteiger partial charge in [-0.15, -0.1) is 0 Å². The first-order valence-electron chi connectivity index (χ1n) is 3.99. The van der Waals surface area contributed by atoms with Crippen LogP contribution in [0.15, 0.2) is 35.0 Å². The Labute approximate surface area is 79.8 Å².